The molecule has 1 saturated heterocycles. The highest BCUT2D eigenvalue weighted by atomic mass is 32.3. The van der Waals surface area contributed by atoms with Crippen molar-refractivity contribution in [2.75, 3.05) is 16.6 Å². The third-order valence-corrected chi connectivity index (χ3v) is 7.19. The van der Waals surface area contributed by atoms with E-state index in [1.807, 2.05) is 0 Å². The van der Waals surface area contributed by atoms with Crippen LogP contribution in [0.1, 0.15) is 39.3 Å². The van der Waals surface area contributed by atoms with Crippen LogP contribution in [0.2, 0.25) is 0 Å². The molecule has 0 radical (unpaired) electrons. The number of amides is 1. The van der Waals surface area contributed by atoms with E-state index in [0.29, 0.717) is 24.8 Å². The summed E-state index contributed by atoms with van der Waals surface area (Å²) in [6.07, 6.45) is 2.73. The number of carboxylic acids is 1. The van der Waals surface area contributed by atoms with E-state index in [2.05, 4.69) is 15.3 Å². The second kappa shape index (κ2) is 8.81. The summed E-state index contributed by atoms with van der Waals surface area (Å²) in [6, 6.07) is 6.36. The molecule has 1 amide bonds. The number of nitrogens with one attached hydrogen (secondary N) is 1. The van der Waals surface area contributed by atoms with Crippen molar-refractivity contribution in [1.29, 1.82) is 0 Å². The van der Waals surface area contributed by atoms with Crippen LogP contribution in [-0.4, -0.2) is 53.5 Å². The Bertz CT molecular complexity index is 1250. The average Bonchev–Trinajstić information content (AvgIpc) is 2.78. The molecule has 1 aliphatic rings. The Morgan fingerprint density at radius 3 is 2.73 bits per heavy atom. The first-order valence-electron chi connectivity index (χ1n) is 10.0. The molecule has 0 atom stereocenters. The van der Waals surface area contributed by atoms with Crippen LogP contribution in [0, 0.1) is 5.82 Å². The number of anilines is 1. The summed E-state index contributed by atoms with van der Waals surface area (Å²) in [5.41, 5.74) is -0.505. The lowest BCUT2D eigenvalue weighted by Gasteiger charge is -2.47. The van der Waals surface area contributed by atoms with Crippen molar-refractivity contribution in [1.82, 2.24) is 15.3 Å². The lowest BCUT2D eigenvalue weighted by atomic mass is 10.1. The van der Waals surface area contributed by atoms with Gasteiger partial charge in [-0.2, -0.15) is 0 Å². The molecule has 0 spiro atoms. The number of aromatic carboxylic acids is 1. The Kier molecular flexibility index (Phi) is 6.06. The molecule has 3 heterocycles. The number of fused-ring (bicyclic) bond motifs is 1. The van der Waals surface area contributed by atoms with Crippen molar-refractivity contribution in [2.45, 2.75) is 19.4 Å². The van der Waals surface area contributed by atoms with Gasteiger partial charge in [-0.15, -0.1) is 10.8 Å². The number of carboxylic acid groups (broad SMARTS) is 1. The van der Waals surface area contributed by atoms with Crippen molar-refractivity contribution < 1.29 is 33.3 Å². The van der Waals surface area contributed by atoms with Crippen LogP contribution >= 0.6 is 10.8 Å². The third kappa shape index (κ3) is 4.40. The minimum Gasteiger partial charge on any atom is -0.504 e. The second-order valence-corrected chi connectivity index (χ2v) is 9.58. The van der Waals surface area contributed by atoms with Gasteiger partial charge in [-0.05, 0) is 42.7 Å². The molecule has 1 fully saturated rings. The number of nitrogens with zero attached hydrogens (tertiary/aromatic N) is 3. The van der Waals surface area contributed by atoms with Crippen LogP contribution in [0.15, 0.2) is 36.5 Å². The van der Waals surface area contributed by atoms with Crippen molar-refractivity contribution in [3.8, 4) is 5.75 Å². The predicted molar refractivity (Wildman–Crippen MR) is 120 cm³/mol. The van der Waals surface area contributed by atoms with E-state index in [-0.39, 0.29) is 34.8 Å². The summed E-state index contributed by atoms with van der Waals surface area (Å²) in [7, 11) is -3.17. The highest BCUT2D eigenvalue weighted by Gasteiger charge is 2.31. The zero-order chi connectivity index (χ0) is 23.8. The van der Waals surface area contributed by atoms with Gasteiger partial charge in [-0.25, -0.2) is 14.2 Å². The van der Waals surface area contributed by atoms with Gasteiger partial charge in [0.15, 0.2) is 17.3 Å². The first-order valence-corrected chi connectivity index (χ1v) is 11.7. The Hall–Kier alpha value is -3.48. The zero-order valence-electron chi connectivity index (χ0n) is 17.2. The number of aromatic nitrogens is 2. The number of rotatable bonds is 5. The molecular weight excluding hydrogens is 455 g/mol. The highest BCUT2D eigenvalue weighted by Crippen LogP contribution is 2.51. The number of carbonyl (C=O) groups is 2. The molecule has 5 N–H and O–H groups in total. The smallest absolute Gasteiger partial charge is 0.336 e. The molecule has 12 heteroatoms. The standard InChI is InChI=1S/C21H21FN4O6S/c22-13-6-5-12(15(10-13)21(29)30)11-24-20(28)17-18(27)16-14(4-3-7-23-16)19(25-17)26-8-1-2-9-33(26,31)32/h3-7,10,27,31-32H,1-2,8-9,11H2,(H,24,28)(H,29,30). The normalized spacial score (nSPS) is 16.4. The number of pyridine rings is 2. The molecule has 1 aliphatic heterocycles. The van der Waals surface area contributed by atoms with Crippen molar-refractivity contribution in [3.63, 3.8) is 0 Å². The van der Waals surface area contributed by atoms with Gasteiger partial charge in [-0.3, -0.25) is 23.2 Å². The molecule has 2 aromatic heterocycles. The number of aromatic hydroxyl groups is 1. The van der Waals surface area contributed by atoms with E-state index in [0.717, 1.165) is 12.1 Å². The van der Waals surface area contributed by atoms with Crippen LogP contribution in [0.4, 0.5) is 10.2 Å². The largest absolute Gasteiger partial charge is 0.504 e. The molecule has 0 bridgehead atoms. The van der Waals surface area contributed by atoms with E-state index in [1.54, 1.807) is 12.1 Å². The second-order valence-electron chi connectivity index (χ2n) is 7.47. The summed E-state index contributed by atoms with van der Waals surface area (Å²) < 4.78 is 35.9. The van der Waals surface area contributed by atoms with E-state index in [9.17, 15) is 33.3 Å². The topological polar surface area (TPSA) is 156 Å². The Morgan fingerprint density at radius 1 is 1.21 bits per heavy atom. The van der Waals surface area contributed by atoms with Crippen LogP contribution in [0.5, 0.6) is 5.75 Å². The highest BCUT2D eigenvalue weighted by molar-refractivity contribution is 8.25. The number of halogens is 1. The molecule has 0 aliphatic carbocycles. The summed E-state index contributed by atoms with van der Waals surface area (Å²) in [4.78, 5) is 32.7. The van der Waals surface area contributed by atoms with Gasteiger partial charge in [-0.1, -0.05) is 6.07 Å². The SMILES string of the molecule is O=C(O)c1cc(F)ccc1CNC(=O)c1nc(N2CCCCS2(O)O)c2cccnc2c1O. The van der Waals surface area contributed by atoms with Gasteiger partial charge in [0.05, 0.1) is 11.3 Å². The average molecular weight is 476 g/mol. The first kappa shape index (κ1) is 22.7. The summed E-state index contributed by atoms with van der Waals surface area (Å²) in [5, 5.41) is 22.8. The maximum absolute atomic E-state index is 13.4. The maximum atomic E-state index is 13.4. The van der Waals surface area contributed by atoms with Crippen molar-refractivity contribution in [2.24, 2.45) is 0 Å². The molecule has 4 rings (SSSR count). The first-order chi connectivity index (χ1) is 15.7. The minimum absolute atomic E-state index is 0.0569. The summed E-state index contributed by atoms with van der Waals surface area (Å²) in [5.74, 6) is -3.16. The predicted octanol–water partition coefficient (Wildman–Crippen LogP) is 3.37. The lowest BCUT2D eigenvalue weighted by Crippen LogP contribution is -2.35. The number of benzene rings is 1. The van der Waals surface area contributed by atoms with Gasteiger partial charge >= 0.3 is 5.97 Å². The van der Waals surface area contributed by atoms with Crippen LogP contribution in [0.25, 0.3) is 10.9 Å². The Labute approximate surface area is 189 Å². The van der Waals surface area contributed by atoms with Gasteiger partial charge < -0.3 is 15.5 Å². The van der Waals surface area contributed by atoms with E-state index in [4.69, 9.17) is 0 Å². The summed E-state index contributed by atoms with van der Waals surface area (Å²) in [6.45, 7) is 0.0269. The Balaban J connectivity index is 1.72. The fourth-order valence-corrected chi connectivity index (χ4v) is 5.32. The Morgan fingerprint density at radius 2 is 2.00 bits per heavy atom. The number of carbonyl (C=O) groups excluding carboxylic acids is 1. The van der Waals surface area contributed by atoms with Gasteiger partial charge in [0.25, 0.3) is 5.91 Å². The molecular formula is C21H21FN4O6S. The third-order valence-electron chi connectivity index (χ3n) is 5.29. The van der Waals surface area contributed by atoms with E-state index >= 15 is 0 Å². The molecule has 0 unspecified atom stereocenters. The molecule has 1 aromatic carbocycles. The molecule has 10 nitrogen and oxygen atoms in total. The van der Waals surface area contributed by atoms with Crippen LogP contribution < -0.4 is 9.62 Å². The lowest BCUT2D eigenvalue weighted by molar-refractivity contribution is 0.0693. The van der Waals surface area contributed by atoms with Crippen molar-refractivity contribution >= 4 is 39.4 Å². The fourth-order valence-electron chi connectivity index (χ4n) is 3.67. The van der Waals surface area contributed by atoms with Gasteiger partial charge in [0.2, 0.25) is 0 Å². The van der Waals surface area contributed by atoms with Crippen LogP contribution in [-0.2, 0) is 6.54 Å². The molecule has 3 aromatic rings. The van der Waals surface area contributed by atoms with Gasteiger partial charge in [0, 0.05) is 24.7 Å². The number of hydrogen-bond donors (Lipinski definition) is 5. The minimum atomic E-state index is -3.17. The quantitative estimate of drug-likeness (QED) is 0.372. The molecule has 0 saturated carbocycles. The fraction of sp³-hybridized carbons (Fsp3) is 0.238. The number of hydrogen-bond acceptors (Lipinski definition) is 8. The van der Waals surface area contributed by atoms with Crippen molar-refractivity contribution in [3.05, 3.63) is 59.2 Å². The van der Waals surface area contributed by atoms with Gasteiger partial charge in [0.1, 0.15) is 11.3 Å². The molecule has 174 valence electrons. The van der Waals surface area contributed by atoms with E-state index < -0.39 is 39.9 Å². The monoisotopic (exact) mass is 476 g/mol. The maximum Gasteiger partial charge on any atom is 0.336 e. The van der Waals surface area contributed by atoms with Crippen LogP contribution in [0.3, 0.4) is 0 Å². The summed E-state index contributed by atoms with van der Waals surface area (Å²) >= 11 is 0. The molecule has 33 heavy (non-hydrogen) atoms. The zero-order valence-corrected chi connectivity index (χ0v) is 18.0. The van der Waals surface area contributed by atoms with E-state index in [1.165, 1.54) is 16.6 Å².